The highest BCUT2D eigenvalue weighted by Crippen LogP contribution is 2.23. The van der Waals surface area contributed by atoms with E-state index >= 15 is 0 Å². The molecule has 0 bridgehead atoms. The molecule has 37 heavy (non-hydrogen) atoms. The van der Waals surface area contributed by atoms with Crippen LogP contribution in [0.1, 0.15) is 19.3 Å². The number of nitrogens with zero attached hydrogens (tertiary/aromatic N) is 3. The van der Waals surface area contributed by atoms with Crippen molar-refractivity contribution in [1.29, 1.82) is 0 Å². The zero-order valence-electron chi connectivity index (χ0n) is 20.6. The molecule has 4 rings (SSSR count). The van der Waals surface area contributed by atoms with Gasteiger partial charge < -0.3 is 30.6 Å². The summed E-state index contributed by atoms with van der Waals surface area (Å²) in [4.78, 5) is 43.4. The summed E-state index contributed by atoms with van der Waals surface area (Å²) in [6, 6.07) is 12.1. The maximum absolute atomic E-state index is 13.0. The van der Waals surface area contributed by atoms with Crippen LogP contribution in [0.5, 0.6) is 0 Å². The van der Waals surface area contributed by atoms with Crippen molar-refractivity contribution in [3.05, 3.63) is 53.6 Å². The summed E-state index contributed by atoms with van der Waals surface area (Å²) in [6.07, 6.45) is 0.372. The van der Waals surface area contributed by atoms with Crippen molar-refractivity contribution in [3.8, 4) is 0 Å². The molecule has 198 valence electrons. The van der Waals surface area contributed by atoms with Crippen molar-refractivity contribution in [2.75, 3.05) is 48.8 Å². The number of piperidine rings is 1. The molecule has 2 saturated heterocycles. The van der Waals surface area contributed by atoms with E-state index in [0.717, 1.165) is 0 Å². The quantitative estimate of drug-likeness (QED) is 0.455. The smallest absolute Gasteiger partial charge is 0.322 e. The number of aliphatic hydroxyl groups excluding tert-OH is 2. The highest BCUT2D eigenvalue weighted by Gasteiger charge is 2.39. The van der Waals surface area contributed by atoms with Crippen LogP contribution in [0.15, 0.2) is 48.5 Å². The average Bonchev–Trinajstić information content (AvgIpc) is 3.29. The van der Waals surface area contributed by atoms with Crippen molar-refractivity contribution < 1.29 is 24.6 Å². The number of nitrogens with one attached hydrogen (secondary N) is 2. The first-order valence-corrected chi connectivity index (χ1v) is 12.7. The number of hydrogen-bond donors (Lipinski definition) is 4. The van der Waals surface area contributed by atoms with Gasteiger partial charge in [0, 0.05) is 55.2 Å². The van der Waals surface area contributed by atoms with Gasteiger partial charge in [-0.05, 0) is 61.4 Å². The van der Waals surface area contributed by atoms with E-state index in [9.17, 15) is 24.6 Å². The lowest BCUT2D eigenvalue weighted by Gasteiger charge is -2.30. The fourth-order valence-electron chi connectivity index (χ4n) is 4.53. The third-order valence-corrected chi connectivity index (χ3v) is 7.00. The Bertz CT molecular complexity index is 1110. The van der Waals surface area contributed by atoms with E-state index in [-0.39, 0.29) is 31.5 Å². The molecule has 11 heteroatoms. The summed E-state index contributed by atoms with van der Waals surface area (Å²) >= 11 is 5.88. The summed E-state index contributed by atoms with van der Waals surface area (Å²) in [6.45, 7) is 1.70. The molecular weight excluding hydrogens is 498 g/mol. The fraction of sp³-hybridized carbons (Fsp3) is 0.423. The lowest BCUT2D eigenvalue weighted by atomic mass is 10.1. The number of urea groups is 1. The van der Waals surface area contributed by atoms with Gasteiger partial charge in [-0.3, -0.25) is 14.5 Å². The number of rotatable bonds is 6. The van der Waals surface area contributed by atoms with Gasteiger partial charge in [-0.1, -0.05) is 11.6 Å². The number of carbonyl (C=O) groups excluding carboxylic acids is 3. The van der Waals surface area contributed by atoms with Crippen molar-refractivity contribution in [2.24, 2.45) is 0 Å². The van der Waals surface area contributed by atoms with Crippen LogP contribution in [-0.4, -0.2) is 89.3 Å². The molecule has 2 atom stereocenters. The molecule has 2 aromatic carbocycles. The monoisotopic (exact) mass is 529 g/mol. The molecule has 4 amide bonds. The number of β-amino-alcohol motifs (C(OH)–C–C–N with tert-alkyl or cyclic N) is 1. The minimum Gasteiger partial charge on any atom is -0.393 e. The number of likely N-dealkylation sites (N-methyl/N-ethyl adjacent to an activating group) is 1. The minimum atomic E-state index is -0.839. The van der Waals surface area contributed by atoms with Gasteiger partial charge >= 0.3 is 6.03 Å². The molecule has 2 fully saturated rings. The predicted molar refractivity (Wildman–Crippen MR) is 142 cm³/mol. The van der Waals surface area contributed by atoms with Gasteiger partial charge in [0.05, 0.1) is 18.8 Å². The van der Waals surface area contributed by atoms with Crippen molar-refractivity contribution >= 4 is 46.5 Å². The zero-order valence-corrected chi connectivity index (χ0v) is 21.4. The highest BCUT2D eigenvalue weighted by molar-refractivity contribution is 6.30. The molecule has 10 nitrogen and oxygen atoms in total. The van der Waals surface area contributed by atoms with Crippen LogP contribution in [0.25, 0.3) is 0 Å². The molecule has 0 saturated carbocycles. The molecule has 0 spiro atoms. The number of likely N-dealkylation sites (tertiary alicyclic amines) is 2. The number of aliphatic hydroxyl groups is 2. The minimum absolute atomic E-state index is 0.0410. The van der Waals surface area contributed by atoms with Crippen LogP contribution in [0.4, 0.5) is 21.9 Å². The van der Waals surface area contributed by atoms with E-state index in [0.29, 0.717) is 48.0 Å². The number of hydrogen-bond acceptors (Lipinski definition) is 6. The lowest BCUT2D eigenvalue weighted by Crippen LogP contribution is -2.45. The molecule has 0 unspecified atom stereocenters. The molecular formula is C26H32ClN5O5. The summed E-state index contributed by atoms with van der Waals surface area (Å²) in [7, 11) is 1.70. The predicted octanol–water partition coefficient (Wildman–Crippen LogP) is 2.37. The van der Waals surface area contributed by atoms with Crippen molar-refractivity contribution in [1.82, 2.24) is 9.80 Å². The molecule has 0 aromatic heterocycles. The first-order valence-electron chi connectivity index (χ1n) is 12.3. The first-order chi connectivity index (χ1) is 17.7. The Kier molecular flexibility index (Phi) is 8.65. The number of amides is 4. The molecule has 0 aliphatic carbocycles. The Morgan fingerprint density at radius 2 is 1.54 bits per heavy atom. The van der Waals surface area contributed by atoms with E-state index in [4.69, 9.17) is 11.6 Å². The summed E-state index contributed by atoms with van der Waals surface area (Å²) in [5.74, 6) is -0.470. The maximum Gasteiger partial charge on any atom is 0.322 e. The number of carbonyl (C=O) groups is 3. The summed E-state index contributed by atoms with van der Waals surface area (Å²) < 4.78 is 0. The van der Waals surface area contributed by atoms with Crippen LogP contribution in [0.2, 0.25) is 5.02 Å². The standard InChI is InChI=1S/C26H32ClN5O5/c1-30(24(35)16-31-12-10-21(33)11-13-31)20-8-6-18(7-9-20)28-25(36)23-14-22(34)15-32(23)26(37)29-19-4-2-17(27)3-5-19/h2-9,21-23,33-34H,10-16H2,1H3,(H,28,36)(H,29,37)/t22-,23-/m1/s1. The molecule has 2 aliphatic heterocycles. The largest absolute Gasteiger partial charge is 0.393 e. The SMILES string of the molecule is CN(C(=O)CN1CCC(O)CC1)c1ccc(NC(=O)[C@H]2C[C@@H](O)CN2C(=O)Nc2ccc(Cl)cc2)cc1. The third kappa shape index (κ3) is 6.98. The van der Waals surface area contributed by atoms with Gasteiger partial charge in [0.15, 0.2) is 0 Å². The number of benzene rings is 2. The van der Waals surface area contributed by atoms with Crippen molar-refractivity contribution in [2.45, 2.75) is 37.5 Å². The van der Waals surface area contributed by atoms with Gasteiger partial charge in [-0.15, -0.1) is 0 Å². The van der Waals surface area contributed by atoms with Gasteiger partial charge in [-0.2, -0.15) is 0 Å². The molecule has 2 heterocycles. The van der Waals surface area contributed by atoms with Crippen molar-refractivity contribution in [3.63, 3.8) is 0 Å². The topological polar surface area (TPSA) is 125 Å². The van der Waals surface area contributed by atoms with Gasteiger partial charge in [0.1, 0.15) is 6.04 Å². The summed E-state index contributed by atoms with van der Waals surface area (Å²) in [5, 5.41) is 25.8. The number of halogens is 1. The second-order valence-electron chi connectivity index (χ2n) is 9.49. The lowest BCUT2D eigenvalue weighted by molar-refractivity contribution is -0.120. The van der Waals surface area contributed by atoms with Crippen LogP contribution < -0.4 is 15.5 Å². The Labute approximate surface area is 220 Å². The van der Waals surface area contributed by atoms with Gasteiger partial charge in [0.2, 0.25) is 11.8 Å². The molecule has 4 N–H and O–H groups in total. The van der Waals surface area contributed by atoms with Gasteiger partial charge in [0.25, 0.3) is 0 Å². The maximum atomic E-state index is 13.0. The van der Waals surface area contributed by atoms with E-state index in [1.54, 1.807) is 60.5 Å². The zero-order chi connectivity index (χ0) is 26.5. The Hall–Kier alpha value is -3.18. The molecule has 2 aliphatic rings. The number of anilines is 3. The third-order valence-electron chi connectivity index (χ3n) is 6.75. The molecule has 2 aromatic rings. The Morgan fingerprint density at radius 1 is 0.946 bits per heavy atom. The van der Waals surface area contributed by atoms with Crippen LogP contribution in [0.3, 0.4) is 0 Å². The fourth-order valence-corrected chi connectivity index (χ4v) is 4.65. The van der Waals surface area contributed by atoms with E-state index in [2.05, 4.69) is 10.6 Å². The van der Waals surface area contributed by atoms with E-state index < -0.39 is 24.1 Å². The van der Waals surface area contributed by atoms with Crippen LogP contribution in [0, 0.1) is 0 Å². The first kappa shape index (κ1) is 26.9. The Morgan fingerprint density at radius 3 is 2.19 bits per heavy atom. The van der Waals surface area contributed by atoms with Gasteiger partial charge in [-0.25, -0.2) is 4.79 Å². The Balaban J connectivity index is 1.33. The van der Waals surface area contributed by atoms with E-state index in [1.165, 1.54) is 4.90 Å². The average molecular weight is 530 g/mol. The second-order valence-corrected chi connectivity index (χ2v) is 9.93. The van der Waals surface area contributed by atoms with Crippen LogP contribution >= 0.6 is 11.6 Å². The van der Waals surface area contributed by atoms with E-state index in [1.807, 2.05) is 4.90 Å². The highest BCUT2D eigenvalue weighted by atomic mass is 35.5. The normalized spacial score (nSPS) is 20.5. The molecule has 0 radical (unpaired) electrons. The second kappa shape index (κ2) is 11.9. The van der Waals surface area contributed by atoms with Crippen LogP contribution in [-0.2, 0) is 9.59 Å². The summed E-state index contributed by atoms with van der Waals surface area (Å²) in [5.41, 5.74) is 1.72.